The van der Waals surface area contributed by atoms with E-state index >= 15 is 0 Å². The Morgan fingerprint density at radius 2 is 1.77 bits per heavy atom. The van der Waals surface area contributed by atoms with Gasteiger partial charge in [0.15, 0.2) is 0 Å². The van der Waals surface area contributed by atoms with E-state index in [1.54, 1.807) is 24.0 Å². The molecule has 158 valence electrons. The van der Waals surface area contributed by atoms with E-state index in [1.165, 1.54) is 22.0 Å². The third-order valence-corrected chi connectivity index (χ3v) is 6.94. The summed E-state index contributed by atoms with van der Waals surface area (Å²) in [5, 5.41) is 0.963. The molecule has 3 heterocycles. The molecule has 0 bridgehead atoms. The van der Waals surface area contributed by atoms with Crippen molar-refractivity contribution < 1.29 is 9.18 Å². The van der Waals surface area contributed by atoms with E-state index in [2.05, 4.69) is 4.98 Å². The molecule has 31 heavy (non-hydrogen) atoms. The number of thiophene rings is 1. The van der Waals surface area contributed by atoms with Gasteiger partial charge >= 0.3 is 0 Å². The third kappa shape index (κ3) is 3.46. The van der Waals surface area contributed by atoms with E-state index in [4.69, 9.17) is 0 Å². The van der Waals surface area contributed by atoms with E-state index in [0.29, 0.717) is 47.9 Å². The minimum atomic E-state index is -0.257. The number of aromatic nitrogens is 2. The summed E-state index contributed by atoms with van der Waals surface area (Å²) in [7, 11) is 0. The van der Waals surface area contributed by atoms with Gasteiger partial charge in [-0.05, 0) is 25.1 Å². The van der Waals surface area contributed by atoms with E-state index in [1.807, 2.05) is 35.2 Å². The highest BCUT2D eigenvalue weighted by Gasteiger charge is 2.24. The van der Waals surface area contributed by atoms with Gasteiger partial charge in [-0.2, -0.15) is 0 Å². The molecule has 0 saturated carbocycles. The summed E-state index contributed by atoms with van der Waals surface area (Å²) in [4.78, 5) is 34.4. The van der Waals surface area contributed by atoms with Crippen molar-refractivity contribution in [2.24, 2.45) is 0 Å². The Morgan fingerprint density at radius 3 is 2.55 bits per heavy atom. The van der Waals surface area contributed by atoms with Gasteiger partial charge in [0.25, 0.3) is 5.56 Å². The normalized spacial score (nSPS) is 14.5. The zero-order chi connectivity index (χ0) is 21.5. The van der Waals surface area contributed by atoms with E-state index < -0.39 is 0 Å². The fourth-order valence-corrected chi connectivity index (χ4v) is 5.20. The van der Waals surface area contributed by atoms with Crippen molar-refractivity contribution >= 4 is 43.2 Å². The molecule has 1 amide bonds. The molecule has 1 aliphatic heterocycles. The van der Waals surface area contributed by atoms with Gasteiger partial charge in [0.1, 0.15) is 22.9 Å². The van der Waals surface area contributed by atoms with Gasteiger partial charge in [-0.25, -0.2) is 9.37 Å². The molecule has 0 N–H and O–H groups in total. The maximum absolute atomic E-state index is 14.0. The molecule has 0 radical (unpaired) electrons. The van der Waals surface area contributed by atoms with Crippen molar-refractivity contribution in [2.45, 2.75) is 13.5 Å². The molecule has 0 aliphatic carbocycles. The number of hydrogen-bond donors (Lipinski definition) is 0. The predicted molar refractivity (Wildman–Crippen MR) is 121 cm³/mol. The number of carbonyl (C=O) groups excluding carboxylic acids is 1. The largest absolute Gasteiger partial charge is 0.366 e. The Kier molecular flexibility index (Phi) is 4.94. The quantitative estimate of drug-likeness (QED) is 0.494. The van der Waals surface area contributed by atoms with Gasteiger partial charge in [-0.15, -0.1) is 11.3 Å². The monoisotopic (exact) mass is 436 g/mol. The van der Waals surface area contributed by atoms with Gasteiger partial charge in [0, 0.05) is 36.3 Å². The zero-order valence-electron chi connectivity index (χ0n) is 17.0. The molecule has 4 aromatic rings. The molecule has 0 unspecified atom stereocenters. The molecular formula is C23H21FN4O2S. The molecule has 6 nitrogen and oxygen atoms in total. The number of rotatable bonds is 3. The van der Waals surface area contributed by atoms with Crippen molar-refractivity contribution in [3.8, 4) is 0 Å². The topological polar surface area (TPSA) is 58.4 Å². The summed E-state index contributed by atoms with van der Waals surface area (Å²) >= 11 is 1.41. The van der Waals surface area contributed by atoms with Crippen molar-refractivity contribution in [3.05, 3.63) is 70.5 Å². The highest BCUT2D eigenvalue weighted by Crippen LogP contribution is 2.30. The lowest BCUT2D eigenvalue weighted by Crippen LogP contribution is -2.50. The van der Waals surface area contributed by atoms with Crippen LogP contribution in [0.15, 0.2) is 53.3 Å². The minimum absolute atomic E-state index is 0.0401. The van der Waals surface area contributed by atoms with Crippen LogP contribution in [-0.4, -0.2) is 46.5 Å². The Labute approximate surface area is 182 Å². The first-order valence-corrected chi connectivity index (χ1v) is 11.0. The molecule has 0 spiro atoms. The van der Waals surface area contributed by atoms with Crippen LogP contribution >= 0.6 is 11.3 Å². The van der Waals surface area contributed by atoms with Crippen molar-refractivity contribution in [1.29, 1.82) is 0 Å². The molecule has 1 saturated heterocycles. The summed E-state index contributed by atoms with van der Waals surface area (Å²) < 4.78 is 17.1. The minimum Gasteiger partial charge on any atom is -0.366 e. The number of fused-ring (bicyclic) bond motifs is 3. The SMILES string of the molecule is Cc1nc2c(sc3ccccc32)c(=O)n1CC(=O)N1CCN(c2ccccc2F)CC1. The molecular weight excluding hydrogens is 415 g/mol. The van der Waals surface area contributed by atoms with Gasteiger partial charge < -0.3 is 9.80 Å². The smallest absolute Gasteiger partial charge is 0.272 e. The van der Waals surface area contributed by atoms with Crippen LogP contribution in [0.2, 0.25) is 0 Å². The predicted octanol–water partition coefficient (Wildman–Crippen LogP) is 3.41. The number of amides is 1. The zero-order valence-corrected chi connectivity index (χ0v) is 17.9. The van der Waals surface area contributed by atoms with Crippen molar-refractivity contribution in [2.75, 3.05) is 31.1 Å². The van der Waals surface area contributed by atoms with Crippen LogP contribution in [0, 0.1) is 12.7 Å². The average Bonchev–Trinajstić information content (AvgIpc) is 3.16. The van der Waals surface area contributed by atoms with Crippen LogP contribution in [0.3, 0.4) is 0 Å². The van der Waals surface area contributed by atoms with Gasteiger partial charge in [0.05, 0.1) is 11.2 Å². The summed E-state index contributed by atoms with van der Waals surface area (Å²) in [5.41, 5.74) is 1.08. The first-order valence-electron chi connectivity index (χ1n) is 10.2. The maximum atomic E-state index is 14.0. The van der Waals surface area contributed by atoms with E-state index in [9.17, 15) is 14.0 Å². The number of hydrogen-bond acceptors (Lipinski definition) is 5. The standard InChI is InChI=1S/C23H21FN4O2S/c1-15-25-21-16-6-2-5-9-19(16)31-22(21)23(30)28(15)14-20(29)27-12-10-26(11-13-27)18-8-4-3-7-17(18)24/h2-9H,10-14H2,1H3. The van der Waals surface area contributed by atoms with E-state index in [-0.39, 0.29) is 23.8 Å². The van der Waals surface area contributed by atoms with Crippen molar-refractivity contribution in [3.63, 3.8) is 0 Å². The third-order valence-electron chi connectivity index (χ3n) is 5.79. The molecule has 1 fully saturated rings. The first kappa shape index (κ1) is 19.7. The Morgan fingerprint density at radius 1 is 1.06 bits per heavy atom. The summed E-state index contributed by atoms with van der Waals surface area (Å²) in [5.74, 6) is 0.146. The number of halogens is 1. The highest BCUT2D eigenvalue weighted by atomic mass is 32.1. The second kappa shape index (κ2) is 7.77. The number of aryl methyl sites for hydroxylation is 1. The highest BCUT2D eigenvalue weighted by molar-refractivity contribution is 7.25. The first-order chi connectivity index (χ1) is 15.0. The van der Waals surface area contributed by atoms with Crippen LogP contribution in [0.1, 0.15) is 5.82 Å². The second-order valence-electron chi connectivity index (χ2n) is 7.65. The van der Waals surface area contributed by atoms with Crippen LogP contribution in [0.4, 0.5) is 10.1 Å². The van der Waals surface area contributed by atoms with Crippen LogP contribution in [0.5, 0.6) is 0 Å². The molecule has 2 aromatic heterocycles. The Bertz CT molecular complexity index is 1350. The summed E-state index contributed by atoms with van der Waals surface area (Å²) in [6.07, 6.45) is 0. The fourth-order valence-electron chi connectivity index (χ4n) is 4.11. The number of para-hydroxylation sites is 1. The Hall–Kier alpha value is -3.26. The van der Waals surface area contributed by atoms with Crippen LogP contribution in [-0.2, 0) is 11.3 Å². The lowest BCUT2D eigenvalue weighted by atomic mass is 10.2. The summed E-state index contributed by atoms with van der Waals surface area (Å²) in [6.45, 7) is 3.79. The number of carbonyl (C=O) groups is 1. The molecule has 0 atom stereocenters. The molecule has 2 aromatic carbocycles. The number of benzene rings is 2. The van der Waals surface area contributed by atoms with Crippen LogP contribution in [0.25, 0.3) is 20.3 Å². The lowest BCUT2D eigenvalue weighted by Gasteiger charge is -2.36. The maximum Gasteiger partial charge on any atom is 0.272 e. The van der Waals surface area contributed by atoms with Gasteiger partial charge in [-0.3, -0.25) is 14.2 Å². The molecule has 5 rings (SSSR count). The number of anilines is 1. The number of nitrogens with zero attached hydrogens (tertiary/aromatic N) is 4. The summed E-state index contributed by atoms with van der Waals surface area (Å²) in [6, 6.07) is 14.5. The average molecular weight is 437 g/mol. The fraction of sp³-hybridized carbons (Fsp3) is 0.261. The molecule has 1 aliphatic rings. The Balaban J connectivity index is 1.36. The second-order valence-corrected chi connectivity index (χ2v) is 8.70. The van der Waals surface area contributed by atoms with Crippen molar-refractivity contribution in [1.82, 2.24) is 14.5 Å². The number of piperazine rings is 1. The molecule has 8 heteroatoms. The lowest BCUT2D eigenvalue weighted by molar-refractivity contribution is -0.132. The van der Waals surface area contributed by atoms with Crippen LogP contribution < -0.4 is 10.5 Å². The van der Waals surface area contributed by atoms with Gasteiger partial charge in [0.2, 0.25) is 5.91 Å². The van der Waals surface area contributed by atoms with E-state index in [0.717, 1.165) is 10.1 Å². The van der Waals surface area contributed by atoms with Gasteiger partial charge in [-0.1, -0.05) is 30.3 Å².